The van der Waals surface area contributed by atoms with Crippen LogP contribution in [0, 0.1) is 0 Å². The first kappa shape index (κ1) is 20.1. The standard InChI is InChI=1S/C21H25N5OS2/c1-16-15-25(12-11-22-16)19(27)10-6-14-29-21-24-23-20(18-9-5-13-28-18)26(21)17-7-3-2-4-8-17/h2-5,7-9,13,16,22H,6,10-12,14-15H2,1H3. The summed E-state index contributed by atoms with van der Waals surface area (Å²) in [5.74, 6) is 1.95. The molecule has 0 bridgehead atoms. The van der Waals surface area contributed by atoms with Gasteiger partial charge < -0.3 is 10.2 Å². The van der Waals surface area contributed by atoms with Crippen molar-refractivity contribution in [2.24, 2.45) is 0 Å². The lowest BCUT2D eigenvalue weighted by atomic mass is 10.2. The van der Waals surface area contributed by atoms with Crippen molar-refractivity contribution in [3.8, 4) is 16.4 Å². The first-order valence-corrected chi connectivity index (χ1v) is 11.8. The third kappa shape index (κ3) is 4.88. The summed E-state index contributed by atoms with van der Waals surface area (Å²) in [6, 6.07) is 14.7. The van der Waals surface area contributed by atoms with Crippen molar-refractivity contribution in [3.05, 3.63) is 47.8 Å². The number of nitrogens with zero attached hydrogens (tertiary/aromatic N) is 4. The lowest BCUT2D eigenvalue weighted by Gasteiger charge is -2.32. The Morgan fingerprint density at radius 3 is 2.86 bits per heavy atom. The Balaban J connectivity index is 1.41. The molecule has 1 atom stereocenters. The Kier molecular flexibility index (Phi) is 6.63. The molecule has 1 fully saturated rings. The van der Waals surface area contributed by atoms with E-state index in [2.05, 4.69) is 50.6 Å². The molecule has 6 nitrogen and oxygen atoms in total. The molecule has 3 heterocycles. The third-order valence-corrected chi connectivity index (χ3v) is 6.76. The molecule has 0 radical (unpaired) electrons. The molecular formula is C21H25N5OS2. The molecule has 0 saturated carbocycles. The van der Waals surface area contributed by atoms with Gasteiger partial charge in [-0.25, -0.2) is 0 Å². The lowest BCUT2D eigenvalue weighted by molar-refractivity contribution is -0.132. The lowest BCUT2D eigenvalue weighted by Crippen LogP contribution is -2.51. The van der Waals surface area contributed by atoms with E-state index >= 15 is 0 Å². The van der Waals surface area contributed by atoms with Crippen LogP contribution >= 0.6 is 23.1 Å². The van der Waals surface area contributed by atoms with Gasteiger partial charge in [0.2, 0.25) is 5.91 Å². The minimum Gasteiger partial charge on any atom is -0.340 e. The highest BCUT2D eigenvalue weighted by Crippen LogP contribution is 2.30. The summed E-state index contributed by atoms with van der Waals surface area (Å²) in [7, 11) is 0. The number of carbonyl (C=O) groups is 1. The van der Waals surface area contributed by atoms with Crippen molar-refractivity contribution < 1.29 is 4.79 Å². The van der Waals surface area contributed by atoms with Gasteiger partial charge in [-0.05, 0) is 36.9 Å². The summed E-state index contributed by atoms with van der Waals surface area (Å²) < 4.78 is 2.11. The number of rotatable bonds is 7. The molecule has 1 saturated heterocycles. The monoisotopic (exact) mass is 427 g/mol. The largest absolute Gasteiger partial charge is 0.340 e. The molecule has 1 aliphatic rings. The fourth-order valence-corrected chi connectivity index (χ4v) is 5.03. The SMILES string of the molecule is CC1CN(C(=O)CCCSc2nnc(-c3cccs3)n2-c2ccccc2)CCN1. The number of benzene rings is 1. The average Bonchev–Trinajstić information content (AvgIpc) is 3.41. The van der Waals surface area contributed by atoms with Crippen LogP contribution in [0.1, 0.15) is 19.8 Å². The zero-order valence-corrected chi connectivity index (χ0v) is 18.1. The molecule has 1 unspecified atom stereocenters. The molecular weight excluding hydrogens is 402 g/mol. The van der Waals surface area contributed by atoms with E-state index in [1.165, 1.54) is 0 Å². The normalized spacial score (nSPS) is 16.9. The zero-order chi connectivity index (χ0) is 20.1. The maximum absolute atomic E-state index is 12.5. The number of hydrogen-bond acceptors (Lipinski definition) is 6. The van der Waals surface area contributed by atoms with E-state index in [0.717, 1.165) is 53.4 Å². The van der Waals surface area contributed by atoms with Crippen LogP contribution in [0.2, 0.25) is 0 Å². The summed E-state index contributed by atoms with van der Waals surface area (Å²) >= 11 is 3.32. The van der Waals surface area contributed by atoms with Crippen LogP contribution in [0.15, 0.2) is 53.0 Å². The predicted octanol–water partition coefficient (Wildman–Crippen LogP) is 3.69. The summed E-state index contributed by atoms with van der Waals surface area (Å²) in [6.07, 6.45) is 1.41. The van der Waals surface area contributed by atoms with E-state index in [4.69, 9.17) is 0 Å². The van der Waals surface area contributed by atoms with Gasteiger partial charge in [0.05, 0.1) is 4.88 Å². The molecule has 152 valence electrons. The molecule has 3 aromatic rings. The highest BCUT2D eigenvalue weighted by atomic mass is 32.2. The Hall–Kier alpha value is -2.16. The number of hydrogen-bond donors (Lipinski definition) is 1. The Labute approximate surface area is 179 Å². The summed E-state index contributed by atoms with van der Waals surface area (Å²) in [5.41, 5.74) is 1.05. The van der Waals surface area contributed by atoms with E-state index in [9.17, 15) is 4.79 Å². The Bertz CT molecular complexity index is 926. The van der Waals surface area contributed by atoms with Crippen LogP contribution in [-0.2, 0) is 4.79 Å². The molecule has 4 rings (SSSR count). The highest BCUT2D eigenvalue weighted by molar-refractivity contribution is 7.99. The zero-order valence-electron chi connectivity index (χ0n) is 16.5. The van der Waals surface area contributed by atoms with Crippen molar-refractivity contribution in [2.75, 3.05) is 25.4 Å². The second-order valence-electron chi connectivity index (χ2n) is 7.10. The number of para-hydroxylation sites is 1. The number of carbonyl (C=O) groups excluding carboxylic acids is 1. The summed E-state index contributed by atoms with van der Waals surface area (Å²) in [4.78, 5) is 15.5. The third-order valence-electron chi connectivity index (χ3n) is 4.88. The molecule has 1 N–H and O–H groups in total. The number of piperazine rings is 1. The molecule has 1 aromatic carbocycles. The first-order chi connectivity index (χ1) is 14.2. The van der Waals surface area contributed by atoms with Crippen molar-refractivity contribution in [1.82, 2.24) is 25.0 Å². The van der Waals surface area contributed by atoms with Crippen molar-refractivity contribution in [3.63, 3.8) is 0 Å². The van der Waals surface area contributed by atoms with Gasteiger partial charge in [0.1, 0.15) is 0 Å². The molecule has 0 aliphatic carbocycles. The average molecular weight is 428 g/mol. The highest BCUT2D eigenvalue weighted by Gasteiger charge is 2.20. The maximum atomic E-state index is 12.5. The Morgan fingerprint density at radius 2 is 2.10 bits per heavy atom. The van der Waals surface area contributed by atoms with Crippen LogP contribution in [0.3, 0.4) is 0 Å². The van der Waals surface area contributed by atoms with E-state index in [-0.39, 0.29) is 5.91 Å². The van der Waals surface area contributed by atoms with Crippen molar-refractivity contribution in [1.29, 1.82) is 0 Å². The van der Waals surface area contributed by atoms with Gasteiger partial charge in [-0.3, -0.25) is 9.36 Å². The molecule has 0 spiro atoms. The molecule has 1 aliphatic heterocycles. The van der Waals surface area contributed by atoms with Crippen LogP contribution < -0.4 is 5.32 Å². The van der Waals surface area contributed by atoms with E-state index in [0.29, 0.717) is 12.5 Å². The molecule has 2 aromatic heterocycles. The fourth-order valence-electron chi connectivity index (χ4n) is 3.44. The second-order valence-corrected chi connectivity index (χ2v) is 9.11. The fraction of sp³-hybridized carbons (Fsp3) is 0.381. The van der Waals surface area contributed by atoms with Gasteiger partial charge in [-0.1, -0.05) is 36.0 Å². The van der Waals surface area contributed by atoms with Crippen molar-refractivity contribution >= 4 is 29.0 Å². The first-order valence-electron chi connectivity index (χ1n) is 9.91. The number of amides is 1. The van der Waals surface area contributed by atoms with Gasteiger partial charge in [0.25, 0.3) is 0 Å². The van der Waals surface area contributed by atoms with Gasteiger partial charge in [0.15, 0.2) is 11.0 Å². The number of thioether (sulfide) groups is 1. The van der Waals surface area contributed by atoms with E-state index in [1.54, 1.807) is 23.1 Å². The van der Waals surface area contributed by atoms with Crippen molar-refractivity contribution in [2.45, 2.75) is 31.0 Å². The van der Waals surface area contributed by atoms with E-state index in [1.807, 2.05) is 29.2 Å². The molecule has 1 amide bonds. The van der Waals surface area contributed by atoms with Gasteiger partial charge >= 0.3 is 0 Å². The maximum Gasteiger partial charge on any atom is 0.222 e. The van der Waals surface area contributed by atoms with Gasteiger partial charge in [0, 0.05) is 43.5 Å². The topological polar surface area (TPSA) is 63.1 Å². The smallest absolute Gasteiger partial charge is 0.222 e. The summed E-state index contributed by atoms with van der Waals surface area (Å²) in [5, 5.41) is 15.2. The minimum atomic E-state index is 0.253. The number of aromatic nitrogens is 3. The summed E-state index contributed by atoms with van der Waals surface area (Å²) in [6.45, 7) is 4.62. The van der Waals surface area contributed by atoms with Crippen LogP contribution in [0.4, 0.5) is 0 Å². The van der Waals surface area contributed by atoms with Crippen LogP contribution in [-0.4, -0.2) is 57.0 Å². The van der Waals surface area contributed by atoms with Crippen LogP contribution in [0.25, 0.3) is 16.4 Å². The predicted molar refractivity (Wildman–Crippen MR) is 119 cm³/mol. The second kappa shape index (κ2) is 9.56. The molecule has 8 heteroatoms. The number of thiophene rings is 1. The Morgan fingerprint density at radius 1 is 1.24 bits per heavy atom. The van der Waals surface area contributed by atoms with Crippen LogP contribution in [0.5, 0.6) is 0 Å². The van der Waals surface area contributed by atoms with Gasteiger partial charge in [-0.2, -0.15) is 0 Å². The quantitative estimate of drug-likeness (QED) is 0.460. The number of nitrogens with one attached hydrogen (secondary N) is 1. The minimum absolute atomic E-state index is 0.253. The van der Waals surface area contributed by atoms with E-state index < -0.39 is 0 Å². The van der Waals surface area contributed by atoms with Gasteiger partial charge in [-0.15, -0.1) is 21.5 Å². The molecule has 29 heavy (non-hydrogen) atoms.